The lowest BCUT2D eigenvalue weighted by Gasteiger charge is -2.36. The monoisotopic (exact) mass is 237 g/mol. The molecular weight excluding hydrogens is 210 g/mol. The average molecular weight is 237 g/mol. The SMILES string of the molecule is CC(C)C1CCCCC1NCC1CCC=CO1. The van der Waals surface area contributed by atoms with E-state index in [4.69, 9.17) is 4.74 Å². The van der Waals surface area contributed by atoms with Crippen molar-refractivity contribution in [2.75, 3.05) is 6.54 Å². The molecule has 3 atom stereocenters. The molecule has 0 bridgehead atoms. The van der Waals surface area contributed by atoms with E-state index in [0.29, 0.717) is 6.10 Å². The van der Waals surface area contributed by atoms with E-state index in [9.17, 15) is 0 Å². The van der Waals surface area contributed by atoms with Crippen LogP contribution in [0.3, 0.4) is 0 Å². The molecule has 1 aliphatic heterocycles. The van der Waals surface area contributed by atoms with E-state index in [1.807, 2.05) is 6.26 Å². The second kappa shape index (κ2) is 6.44. The Bertz CT molecular complexity index is 249. The maximum absolute atomic E-state index is 5.62. The number of nitrogens with one attached hydrogen (secondary N) is 1. The highest BCUT2D eigenvalue weighted by Gasteiger charge is 2.27. The minimum Gasteiger partial charge on any atom is -0.497 e. The van der Waals surface area contributed by atoms with Gasteiger partial charge in [0.2, 0.25) is 0 Å². The minimum atomic E-state index is 0.398. The lowest BCUT2D eigenvalue weighted by molar-refractivity contribution is 0.107. The smallest absolute Gasteiger partial charge is 0.110 e. The first-order valence-electron chi connectivity index (χ1n) is 7.31. The highest BCUT2D eigenvalue weighted by atomic mass is 16.5. The Kier molecular flexibility index (Phi) is 4.90. The van der Waals surface area contributed by atoms with Crippen LogP contribution in [0.25, 0.3) is 0 Å². The molecule has 17 heavy (non-hydrogen) atoms. The van der Waals surface area contributed by atoms with Gasteiger partial charge in [-0.15, -0.1) is 0 Å². The van der Waals surface area contributed by atoms with Crippen molar-refractivity contribution in [2.24, 2.45) is 11.8 Å². The van der Waals surface area contributed by atoms with Crippen LogP contribution in [0.15, 0.2) is 12.3 Å². The first-order valence-corrected chi connectivity index (χ1v) is 7.31. The summed E-state index contributed by atoms with van der Waals surface area (Å²) in [6, 6.07) is 0.721. The van der Waals surface area contributed by atoms with Crippen molar-refractivity contribution in [3.8, 4) is 0 Å². The summed E-state index contributed by atoms with van der Waals surface area (Å²) in [7, 11) is 0. The third-order valence-electron chi connectivity index (χ3n) is 4.31. The quantitative estimate of drug-likeness (QED) is 0.808. The summed E-state index contributed by atoms with van der Waals surface area (Å²) in [6.07, 6.45) is 12.3. The van der Waals surface area contributed by atoms with Crippen LogP contribution in [0.2, 0.25) is 0 Å². The van der Waals surface area contributed by atoms with Crippen molar-refractivity contribution in [3.63, 3.8) is 0 Å². The van der Waals surface area contributed by atoms with Gasteiger partial charge in [-0.25, -0.2) is 0 Å². The molecular formula is C15H27NO. The van der Waals surface area contributed by atoms with Gasteiger partial charge in [0.1, 0.15) is 6.10 Å². The van der Waals surface area contributed by atoms with Crippen molar-refractivity contribution in [1.29, 1.82) is 0 Å². The molecule has 2 aliphatic rings. The van der Waals surface area contributed by atoms with Gasteiger partial charge in [-0.1, -0.05) is 26.7 Å². The molecule has 2 heteroatoms. The number of hydrogen-bond acceptors (Lipinski definition) is 2. The van der Waals surface area contributed by atoms with Gasteiger partial charge in [0.15, 0.2) is 0 Å². The summed E-state index contributed by atoms with van der Waals surface area (Å²) in [5.74, 6) is 1.67. The molecule has 0 aromatic rings. The highest BCUT2D eigenvalue weighted by molar-refractivity contribution is 4.86. The zero-order valence-corrected chi connectivity index (χ0v) is 11.3. The summed E-state index contributed by atoms with van der Waals surface area (Å²) in [5.41, 5.74) is 0. The molecule has 98 valence electrons. The summed E-state index contributed by atoms with van der Waals surface area (Å²) < 4.78 is 5.62. The molecule has 1 aliphatic carbocycles. The predicted octanol–water partition coefficient (Wildman–Crippen LogP) is 3.48. The van der Waals surface area contributed by atoms with Crippen molar-refractivity contribution in [1.82, 2.24) is 5.32 Å². The zero-order chi connectivity index (χ0) is 12.1. The van der Waals surface area contributed by atoms with Crippen molar-refractivity contribution in [2.45, 2.75) is 64.5 Å². The van der Waals surface area contributed by atoms with E-state index >= 15 is 0 Å². The first-order chi connectivity index (χ1) is 8.27. The Morgan fingerprint density at radius 3 is 2.76 bits per heavy atom. The summed E-state index contributed by atoms with van der Waals surface area (Å²) >= 11 is 0. The van der Waals surface area contributed by atoms with Crippen LogP contribution >= 0.6 is 0 Å². The summed E-state index contributed by atoms with van der Waals surface area (Å²) in [6.45, 7) is 5.76. The van der Waals surface area contributed by atoms with Crippen LogP contribution in [0.4, 0.5) is 0 Å². The fraction of sp³-hybridized carbons (Fsp3) is 0.867. The fourth-order valence-electron chi connectivity index (χ4n) is 3.23. The van der Waals surface area contributed by atoms with Crippen molar-refractivity contribution in [3.05, 3.63) is 12.3 Å². The Morgan fingerprint density at radius 2 is 2.06 bits per heavy atom. The highest BCUT2D eigenvalue weighted by Crippen LogP contribution is 2.30. The van der Waals surface area contributed by atoms with Gasteiger partial charge in [-0.05, 0) is 43.6 Å². The molecule has 2 nitrogen and oxygen atoms in total. The van der Waals surface area contributed by atoms with Gasteiger partial charge in [-0.3, -0.25) is 0 Å². The average Bonchev–Trinajstić information content (AvgIpc) is 2.38. The van der Waals surface area contributed by atoms with E-state index in [1.165, 1.54) is 38.5 Å². The van der Waals surface area contributed by atoms with Crippen LogP contribution in [0.1, 0.15) is 52.4 Å². The van der Waals surface area contributed by atoms with Crippen molar-refractivity contribution >= 4 is 0 Å². The standard InChI is InChI=1S/C15H27NO/c1-12(2)14-8-3-4-9-15(14)16-11-13-7-5-6-10-17-13/h6,10,12-16H,3-5,7-9,11H2,1-2H3. The van der Waals surface area contributed by atoms with Crippen LogP contribution in [0, 0.1) is 11.8 Å². The van der Waals surface area contributed by atoms with Crippen LogP contribution in [-0.4, -0.2) is 18.7 Å². The molecule has 1 fully saturated rings. The van der Waals surface area contributed by atoms with Crippen molar-refractivity contribution < 1.29 is 4.74 Å². The molecule has 0 saturated heterocycles. The van der Waals surface area contributed by atoms with Gasteiger partial charge >= 0.3 is 0 Å². The maximum atomic E-state index is 5.62. The van der Waals surface area contributed by atoms with E-state index < -0.39 is 0 Å². The van der Waals surface area contributed by atoms with Crippen LogP contribution in [-0.2, 0) is 4.74 Å². The number of allylic oxidation sites excluding steroid dienone is 1. The first kappa shape index (κ1) is 12.9. The van der Waals surface area contributed by atoms with Gasteiger partial charge < -0.3 is 10.1 Å². The normalized spacial score (nSPS) is 33.7. The Labute approximate surface area is 106 Å². The lowest BCUT2D eigenvalue weighted by atomic mass is 9.78. The topological polar surface area (TPSA) is 21.3 Å². The molecule has 2 rings (SSSR count). The summed E-state index contributed by atoms with van der Waals surface area (Å²) in [5, 5.41) is 3.76. The third kappa shape index (κ3) is 3.74. The van der Waals surface area contributed by atoms with E-state index in [1.54, 1.807) is 0 Å². The molecule has 1 heterocycles. The number of hydrogen-bond donors (Lipinski definition) is 1. The third-order valence-corrected chi connectivity index (χ3v) is 4.31. The predicted molar refractivity (Wildman–Crippen MR) is 71.8 cm³/mol. The van der Waals surface area contributed by atoms with E-state index in [0.717, 1.165) is 24.4 Å². The molecule has 3 unspecified atom stereocenters. The second-order valence-electron chi connectivity index (χ2n) is 5.91. The Balaban J connectivity index is 1.77. The summed E-state index contributed by atoms with van der Waals surface area (Å²) in [4.78, 5) is 0. The zero-order valence-electron chi connectivity index (χ0n) is 11.3. The largest absolute Gasteiger partial charge is 0.497 e. The van der Waals surface area contributed by atoms with E-state index in [2.05, 4.69) is 25.2 Å². The molecule has 0 aromatic heterocycles. The Morgan fingerprint density at radius 1 is 1.24 bits per heavy atom. The minimum absolute atomic E-state index is 0.398. The van der Waals surface area contributed by atoms with Gasteiger partial charge in [0, 0.05) is 12.6 Å². The molecule has 1 saturated carbocycles. The molecule has 1 N–H and O–H groups in total. The van der Waals surface area contributed by atoms with E-state index in [-0.39, 0.29) is 0 Å². The second-order valence-corrected chi connectivity index (χ2v) is 5.91. The molecule has 0 aromatic carbocycles. The number of ether oxygens (including phenoxy) is 1. The molecule has 0 amide bonds. The number of rotatable bonds is 4. The van der Waals surface area contributed by atoms with Crippen LogP contribution in [0.5, 0.6) is 0 Å². The van der Waals surface area contributed by atoms with Gasteiger partial charge in [0.05, 0.1) is 6.26 Å². The van der Waals surface area contributed by atoms with Crippen LogP contribution < -0.4 is 5.32 Å². The molecule has 0 spiro atoms. The maximum Gasteiger partial charge on any atom is 0.110 e. The van der Waals surface area contributed by atoms with Gasteiger partial charge in [0.25, 0.3) is 0 Å². The Hall–Kier alpha value is -0.500. The fourth-order valence-corrected chi connectivity index (χ4v) is 3.23. The van der Waals surface area contributed by atoms with Gasteiger partial charge in [-0.2, -0.15) is 0 Å². The molecule has 0 radical (unpaired) electrons. The lowest BCUT2D eigenvalue weighted by Crippen LogP contribution is -2.44.